The van der Waals surface area contributed by atoms with Crippen LogP contribution >= 0.6 is 22.7 Å². The summed E-state index contributed by atoms with van der Waals surface area (Å²) in [5.41, 5.74) is 2.08. The van der Waals surface area contributed by atoms with Crippen molar-refractivity contribution in [1.29, 1.82) is 0 Å². The monoisotopic (exact) mass is 520 g/mol. The van der Waals surface area contributed by atoms with Crippen LogP contribution in [0.15, 0.2) is 47.8 Å². The molecule has 3 aromatic heterocycles. The molecule has 3 heterocycles. The van der Waals surface area contributed by atoms with E-state index in [1.807, 2.05) is 30.3 Å². The van der Waals surface area contributed by atoms with E-state index in [2.05, 4.69) is 16.9 Å². The van der Waals surface area contributed by atoms with E-state index in [0.717, 1.165) is 53.0 Å². The van der Waals surface area contributed by atoms with Crippen LogP contribution in [0.1, 0.15) is 38.6 Å². The Morgan fingerprint density at radius 3 is 2.72 bits per heavy atom. The quantitative estimate of drug-likeness (QED) is 0.279. The van der Waals surface area contributed by atoms with E-state index in [0.29, 0.717) is 21.8 Å². The third-order valence-corrected chi connectivity index (χ3v) is 8.21. The van der Waals surface area contributed by atoms with Crippen LogP contribution < -0.4 is 10.9 Å². The molecule has 4 aromatic rings. The molecule has 0 bridgehead atoms. The molecule has 36 heavy (non-hydrogen) atoms. The van der Waals surface area contributed by atoms with Gasteiger partial charge in [0, 0.05) is 10.4 Å². The fourth-order valence-corrected chi connectivity index (χ4v) is 6.46. The second kappa shape index (κ2) is 10.2. The summed E-state index contributed by atoms with van der Waals surface area (Å²) in [6, 6.07) is 9.40. The number of hydrogen-bond acceptors (Lipinski definition) is 8. The zero-order valence-corrected chi connectivity index (χ0v) is 21.3. The number of esters is 1. The van der Waals surface area contributed by atoms with Crippen molar-refractivity contribution in [2.24, 2.45) is 0 Å². The van der Waals surface area contributed by atoms with Crippen molar-refractivity contribution in [2.75, 3.05) is 11.9 Å². The largest absolute Gasteiger partial charge is 0.457 e. The van der Waals surface area contributed by atoms with Gasteiger partial charge in [-0.15, -0.1) is 11.3 Å². The molecule has 8 nitrogen and oxygen atoms in total. The molecule has 0 saturated carbocycles. The third-order valence-electron chi connectivity index (χ3n) is 5.97. The first-order chi connectivity index (χ1) is 17.5. The van der Waals surface area contributed by atoms with Crippen LogP contribution in [0.2, 0.25) is 0 Å². The second-order valence-electron chi connectivity index (χ2n) is 8.45. The van der Waals surface area contributed by atoms with Crippen LogP contribution in [0, 0.1) is 6.92 Å². The second-order valence-corrected chi connectivity index (χ2v) is 10.5. The summed E-state index contributed by atoms with van der Waals surface area (Å²) >= 11 is 2.61. The molecular formula is C26H24N4O4S2. The molecule has 1 aliphatic rings. The fraction of sp³-hybridized carbons (Fsp3) is 0.269. The average Bonchev–Trinajstić information content (AvgIpc) is 3.44. The minimum atomic E-state index is -0.523. The van der Waals surface area contributed by atoms with Gasteiger partial charge in [-0.3, -0.25) is 14.2 Å². The first-order valence-electron chi connectivity index (χ1n) is 11.6. The van der Waals surface area contributed by atoms with Gasteiger partial charge in [-0.05, 0) is 38.2 Å². The number of ether oxygens (including phenoxy) is 1. The van der Waals surface area contributed by atoms with Gasteiger partial charge >= 0.3 is 5.97 Å². The van der Waals surface area contributed by atoms with Crippen molar-refractivity contribution in [1.82, 2.24) is 14.5 Å². The zero-order valence-electron chi connectivity index (χ0n) is 19.7. The fourth-order valence-electron chi connectivity index (χ4n) is 4.33. The normalized spacial score (nSPS) is 12.8. The topological polar surface area (TPSA) is 103 Å². The van der Waals surface area contributed by atoms with E-state index in [1.165, 1.54) is 15.5 Å². The predicted molar refractivity (Wildman–Crippen MR) is 142 cm³/mol. The molecule has 0 unspecified atom stereocenters. The lowest BCUT2D eigenvalue weighted by Crippen LogP contribution is -2.30. The van der Waals surface area contributed by atoms with Crippen LogP contribution in [0.5, 0.6) is 0 Å². The maximum atomic E-state index is 13.8. The first kappa shape index (κ1) is 24.1. The number of fused-ring (bicyclic) bond motifs is 3. The first-order valence-corrected chi connectivity index (χ1v) is 13.3. The highest BCUT2D eigenvalue weighted by Gasteiger charge is 2.24. The predicted octanol–water partition coefficient (Wildman–Crippen LogP) is 4.75. The maximum absolute atomic E-state index is 13.8. The molecule has 0 saturated heterocycles. The van der Waals surface area contributed by atoms with Gasteiger partial charge in [0.15, 0.2) is 5.13 Å². The Kier molecular flexibility index (Phi) is 6.80. The molecular weight excluding hydrogens is 496 g/mol. The Balaban J connectivity index is 1.49. The van der Waals surface area contributed by atoms with E-state index in [1.54, 1.807) is 18.3 Å². The Morgan fingerprint density at radius 1 is 1.17 bits per heavy atom. The van der Waals surface area contributed by atoms with Crippen LogP contribution in [0.25, 0.3) is 21.6 Å². The average molecular weight is 521 g/mol. The Hall–Kier alpha value is -3.63. The number of carbonyl (C=O) groups is 2. The third kappa shape index (κ3) is 4.61. The molecule has 0 radical (unpaired) electrons. The number of amides is 1. The van der Waals surface area contributed by atoms with Gasteiger partial charge < -0.3 is 10.1 Å². The summed E-state index contributed by atoms with van der Waals surface area (Å²) in [6.07, 6.45) is 5.44. The number of anilines is 1. The molecule has 5 rings (SSSR count). The Morgan fingerprint density at radius 2 is 1.94 bits per heavy atom. The number of benzene rings is 1. The number of aromatic nitrogens is 3. The van der Waals surface area contributed by atoms with Crippen molar-refractivity contribution in [3.05, 3.63) is 74.4 Å². The smallest absolute Gasteiger partial charge is 0.350 e. The van der Waals surface area contributed by atoms with Gasteiger partial charge in [-0.1, -0.05) is 54.3 Å². The lowest BCUT2D eigenvalue weighted by molar-refractivity contribution is -0.116. The summed E-state index contributed by atoms with van der Waals surface area (Å²) in [4.78, 5) is 50.4. The molecule has 0 spiro atoms. The minimum Gasteiger partial charge on any atom is -0.457 e. The summed E-state index contributed by atoms with van der Waals surface area (Å²) in [6.45, 7) is 5.06. The van der Waals surface area contributed by atoms with Gasteiger partial charge in [0.2, 0.25) is 5.91 Å². The molecule has 1 amide bonds. The van der Waals surface area contributed by atoms with Gasteiger partial charge in [-0.25, -0.2) is 14.8 Å². The number of nitrogens with one attached hydrogen (secondary N) is 1. The Bertz CT molecular complexity index is 1540. The molecule has 0 fully saturated rings. The molecule has 1 N–H and O–H groups in total. The van der Waals surface area contributed by atoms with E-state index in [4.69, 9.17) is 9.72 Å². The SMILES string of the molecule is C=CCOC(=O)c1sc(NC(=O)Cn2c(-c3ccccc3)nc3sc4c(c3c2=O)CCCC4)nc1C. The number of thiophene rings is 1. The summed E-state index contributed by atoms with van der Waals surface area (Å²) in [5, 5.41) is 3.62. The summed E-state index contributed by atoms with van der Waals surface area (Å²) < 4.78 is 6.52. The van der Waals surface area contributed by atoms with E-state index in [-0.39, 0.29) is 23.8 Å². The highest BCUT2D eigenvalue weighted by atomic mass is 32.1. The molecule has 0 aliphatic heterocycles. The molecule has 10 heteroatoms. The number of rotatable bonds is 7. The van der Waals surface area contributed by atoms with Crippen LogP contribution in [-0.4, -0.2) is 33.0 Å². The zero-order chi connectivity index (χ0) is 25.2. The lowest BCUT2D eigenvalue weighted by Gasteiger charge is -2.13. The number of aryl methyl sites for hydroxylation is 3. The summed E-state index contributed by atoms with van der Waals surface area (Å²) in [7, 11) is 0. The number of nitrogens with zero attached hydrogens (tertiary/aromatic N) is 3. The highest BCUT2D eigenvalue weighted by Crippen LogP contribution is 2.35. The van der Waals surface area contributed by atoms with Crippen molar-refractivity contribution >= 4 is 49.9 Å². The van der Waals surface area contributed by atoms with Crippen LogP contribution in [0.4, 0.5) is 5.13 Å². The number of thiazole rings is 1. The van der Waals surface area contributed by atoms with Gasteiger partial charge in [-0.2, -0.15) is 0 Å². The number of hydrogen-bond donors (Lipinski definition) is 1. The number of carbonyl (C=O) groups excluding carboxylic acids is 2. The van der Waals surface area contributed by atoms with Crippen molar-refractivity contribution in [2.45, 2.75) is 39.2 Å². The highest BCUT2D eigenvalue weighted by molar-refractivity contribution is 7.19. The van der Waals surface area contributed by atoms with Gasteiger partial charge in [0.1, 0.15) is 28.7 Å². The standard InChI is InChI=1S/C26H24N4O4S2/c1-3-13-34-25(33)21-15(2)27-26(36-21)28-19(31)14-30-22(16-9-5-4-6-10-16)29-23-20(24(30)32)17-11-7-8-12-18(17)35-23/h3-6,9-10H,1,7-8,11-14H2,2H3,(H,27,28,31). The van der Waals surface area contributed by atoms with Crippen molar-refractivity contribution in [3.8, 4) is 11.4 Å². The minimum absolute atomic E-state index is 0.0881. The molecule has 184 valence electrons. The molecule has 1 aliphatic carbocycles. The molecule has 0 atom stereocenters. The van der Waals surface area contributed by atoms with Crippen LogP contribution in [0.3, 0.4) is 0 Å². The molecule has 1 aromatic carbocycles. The summed E-state index contributed by atoms with van der Waals surface area (Å²) in [5.74, 6) is -0.505. The Labute approximate surface area is 215 Å². The van der Waals surface area contributed by atoms with Crippen molar-refractivity contribution in [3.63, 3.8) is 0 Å². The maximum Gasteiger partial charge on any atom is 0.350 e. The van der Waals surface area contributed by atoms with E-state index < -0.39 is 11.9 Å². The van der Waals surface area contributed by atoms with Gasteiger partial charge in [0.05, 0.1) is 11.1 Å². The van der Waals surface area contributed by atoms with E-state index in [9.17, 15) is 14.4 Å². The van der Waals surface area contributed by atoms with E-state index >= 15 is 0 Å². The van der Waals surface area contributed by atoms with Crippen molar-refractivity contribution < 1.29 is 14.3 Å². The lowest BCUT2D eigenvalue weighted by atomic mass is 9.97. The van der Waals surface area contributed by atoms with Gasteiger partial charge in [0.25, 0.3) is 5.56 Å². The van der Waals surface area contributed by atoms with Crippen LogP contribution in [-0.2, 0) is 28.9 Å².